The third-order valence-electron chi connectivity index (χ3n) is 4.39. The Hall–Kier alpha value is -2.28. The average molecular weight is 333 g/mol. The number of carbonyl (C=O) groups is 1. The summed E-state index contributed by atoms with van der Waals surface area (Å²) in [6, 6.07) is 5.83. The number of non-ortho nitro benzene ring substituents is 1. The smallest absolute Gasteiger partial charge is 0.269 e. The summed E-state index contributed by atoms with van der Waals surface area (Å²) in [5.74, 6) is -0.329. The average Bonchev–Trinajstić information content (AvgIpc) is 2.86. The highest BCUT2D eigenvalue weighted by Crippen LogP contribution is 2.41. The molecule has 1 aromatic carbocycles. The van der Waals surface area contributed by atoms with Gasteiger partial charge in [-0.25, -0.2) is 5.01 Å². The Kier molecular flexibility index (Phi) is 4.75. The minimum atomic E-state index is -1.36. The van der Waals surface area contributed by atoms with Gasteiger partial charge in [-0.1, -0.05) is 39.8 Å². The van der Waals surface area contributed by atoms with Gasteiger partial charge in [0, 0.05) is 29.7 Å². The molecule has 1 aliphatic rings. The highest BCUT2D eigenvalue weighted by molar-refractivity contribution is 5.91. The van der Waals surface area contributed by atoms with Crippen LogP contribution >= 0.6 is 0 Å². The summed E-state index contributed by atoms with van der Waals surface area (Å²) in [5, 5.41) is 27.2. The van der Waals surface area contributed by atoms with E-state index in [1.54, 1.807) is 12.1 Å². The summed E-state index contributed by atoms with van der Waals surface area (Å²) in [4.78, 5) is 22.9. The fourth-order valence-corrected chi connectivity index (χ4v) is 2.64. The van der Waals surface area contributed by atoms with Crippen molar-refractivity contribution in [1.29, 1.82) is 0 Å². The van der Waals surface area contributed by atoms with Crippen LogP contribution in [0.1, 0.15) is 46.1 Å². The van der Waals surface area contributed by atoms with E-state index in [-0.39, 0.29) is 18.0 Å². The van der Waals surface area contributed by atoms with Crippen LogP contribution in [0.5, 0.6) is 0 Å². The standard InChI is InChI=1S/C17H23N3O4/c1-5-13-11-17(22,16(2,3)4)19(18-13)15(21)10-12-6-8-14(9-7-12)20(23)24/h6-9,22H,5,10-11H2,1-4H3/t17-/m0/s1. The first-order valence-electron chi connectivity index (χ1n) is 7.93. The molecule has 0 aliphatic carbocycles. The van der Waals surface area contributed by atoms with Gasteiger partial charge < -0.3 is 5.11 Å². The first-order chi connectivity index (χ1) is 11.1. The molecule has 1 atom stereocenters. The summed E-state index contributed by atoms with van der Waals surface area (Å²) in [7, 11) is 0. The Balaban J connectivity index is 2.23. The number of benzene rings is 1. The van der Waals surface area contributed by atoms with Crippen molar-refractivity contribution < 1.29 is 14.8 Å². The fourth-order valence-electron chi connectivity index (χ4n) is 2.64. The number of nitro groups is 1. The van der Waals surface area contributed by atoms with Crippen molar-refractivity contribution in [2.24, 2.45) is 10.5 Å². The van der Waals surface area contributed by atoms with E-state index in [0.717, 1.165) is 5.71 Å². The van der Waals surface area contributed by atoms with E-state index in [1.165, 1.54) is 17.1 Å². The Morgan fingerprint density at radius 3 is 2.42 bits per heavy atom. The molecule has 0 saturated carbocycles. The molecule has 1 amide bonds. The fraction of sp³-hybridized carbons (Fsp3) is 0.529. The number of hydrogen-bond donors (Lipinski definition) is 1. The van der Waals surface area contributed by atoms with Crippen LogP contribution in [0.25, 0.3) is 0 Å². The van der Waals surface area contributed by atoms with E-state index in [4.69, 9.17) is 0 Å². The van der Waals surface area contributed by atoms with E-state index < -0.39 is 16.1 Å². The molecule has 0 aromatic heterocycles. The highest BCUT2D eigenvalue weighted by atomic mass is 16.6. The molecular weight excluding hydrogens is 310 g/mol. The predicted octanol–water partition coefficient (Wildman–Crippen LogP) is 2.87. The second-order valence-corrected chi connectivity index (χ2v) is 7.07. The van der Waals surface area contributed by atoms with Crippen molar-refractivity contribution in [1.82, 2.24) is 5.01 Å². The van der Waals surface area contributed by atoms with Gasteiger partial charge >= 0.3 is 0 Å². The zero-order valence-electron chi connectivity index (χ0n) is 14.4. The lowest BCUT2D eigenvalue weighted by Gasteiger charge is -2.41. The first-order valence-corrected chi connectivity index (χ1v) is 7.93. The summed E-state index contributed by atoms with van der Waals surface area (Å²) in [6.07, 6.45) is 1.02. The number of hydrogen-bond acceptors (Lipinski definition) is 5. The Bertz CT molecular complexity index is 676. The van der Waals surface area contributed by atoms with Gasteiger partial charge in [0.15, 0.2) is 5.72 Å². The number of amides is 1. The molecule has 7 nitrogen and oxygen atoms in total. The third kappa shape index (κ3) is 3.31. The summed E-state index contributed by atoms with van der Waals surface area (Å²) >= 11 is 0. The molecular formula is C17H23N3O4. The van der Waals surface area contributed by atoms with E-state index in [2.05, 4.69) is 5.10 Å². The van der Waals surface area contributed by atoms with Crippen LogP contribution in [0.15, 0.2) is 29.4 Å². The van der Waals surface area contributed by atoms with Crippen LogP contribution in [0.4, 0.5) is 5.69 Å². The van der Waals surface area contributed by atoms with E-state index in [1.807, 2.05) is 27.7 Å². The summed E-state index contributed by atoms with van der Waals surface area (Å²) in [5.41, 5.74) is -0.522. The van der Waals surface area contributed by atoms with Gasteiger partial charge in [0.05, 0.1) is 11.3 Å². The van der Waals surface area contributed by atoms with Crippen molar-refractivity contribution in [3.8, 4) is 0 Å². The number of carbonyl (C=O) groups excluding carboxylic acids is 1. The molecule has 0 spiro atoms. The number of nitro benzene ring substituents is 1. The maximum atomic E-state index is 12.7. The maximum Gasteiger partial charge on any atom is 0.269 e. The van der Waals surface area contributed by atoms with E-state index in [9.17, 15) is 20.0 Å². The Morgan fingerprint density at radius 2 is 1.96 bits per heavy atom. The molecule has 2 rings (SSSR count). The SMILES string of the molecule is CCC1=NN(C(=O)Cc2ccc([N+](=O)[O-])cc2)[C@@](O)(C(C)(C)C)C1. The first kappa shape index (κ1) is 18.1. The van der Waals surface area contributed by atoms with E-state index >= 15 is 0 Å². The lowest BCUT2D eigenvalue weighted by Crippen LogP contribution is -2.55. The van der Waals surface area contributed by atoms with Gasteiger partial charge in [0.1, 0.15) is 0 Å². The molecule has 1 N–H and O–H groups in total. The van der Waals surface area contributed by atoms with Crippen LogP contribution in [0, 0.1) is 15.5 Å². The van der Waals surface area contributed by atoms with Crippen molar-refractivity contribution in [3.05, 3.63) is 39.9 Å². The minimum absolute atomic E-state index is 0.0233. The van der Waals surface area contributed by atoms with Crippen molar-refractivity contribution in [3.63, 3.8) is 0 Å². The topological polar surface area (TPSA) is 96.0 Å². The van der Waals surface area contributed by atoms with Gasteiger partial charge in [-0.15, -0.1) is 0 Å². The maximum absolute atomic E-state index is 12.7. The zero-order valence-corrected chi connectivity index (χ0v) is 14.4. The van der Waals surface area contributed by atoms with Crippen LogP contribution in [-0.2, 0) is 11.2 Å². The van der Waals surface area contributed by atoms with Crippen molar-refractivity contribution >= 4 is 17.3 Å². The molecule has 1 aliphatic heterocycles. The second kappa shape index (κ2) is 6.32. The molecule has 7 heteroatoms. The molecule has 0 bridgehead atoms. The summed E-state index contributed by atoms with van der Waals surface area (Å²) < 4.78 is 0. The number of aliphatic hydroxyl groups is 1. The molecule has 0 fully saturated rings. The molecule has 0 saturated heterocycles. The lowest BCUT2D eigenvalue weighted by atomic mass is 9.79. The van der Waals surface area contributed by atoms with Gasteiger partial charge in [-0.3, -0.25) is 14.9 Å². The molecule has 1 aromatic rings. The number of nitrogens with zero attached hydrogens (tertiary/aromatic N) is 3. The van der Waals surface area contributed by atoms with Crippen LogP contribution < -0.4 is 0 Å². The number of rotatable bonds is 4. The van der Waals surface area contributed by atoms with Gasteiger partial charge in [-0.2, -0.15) is 5.10 Å². The normalized spacial score (nSPS) is 20.9. The van der Waals surface area contributed by atoms with Crippen molar-refractivity contribution in [2.75, 3.05) is 0 Å². The van der Waals surface area contributed by atoms with E-state index in [0.29, 0.717) is 18.4 Å². The Labute approximate surface area is 141 Å². The van der Waals surface area contributed by atoms with Crippen LogP contribution in [-0.4, -0.2) is 32.4 Å². The lowest BCUT2D eigenvalue weighted by molar-refractivity contribution is -0.384. The minimum Gasteiger partial charge on any atom is -0.368 e. The molecule has 130 valence electrons. The zero-order chi connectivity index (χ0) is 18.1. The largest absolute Gasteiger partial charge is 0.368 e. The van der Waals surface area contributed by atoms with Crippen LogP contribution in [0.2, 0.25) is 0 Å². The monoisotopic (exact) mass is 333 g/mol. The number of hydrazone groups is 1. The summed E-state index contributed by atoms with van der Waals surface area (Å²) in [6.45, 7) is 7.54. The van der Waals surface area contributed by atoms with Gasteiger partial charge in [-0.05, 0) is 12.0 Å². The van der Waals surface area contributed by atoms with Crippen LogP contribution in [0.3, 0.4) is 0 Å². The van der Waals surface area contributed by atoms with Gasteiger partial charge in [0.25, 0.3) is 5.69 Å². The predicted molar refractivity (Wildman–Crippen MR) is 90.4 cm³/mol. The third-order valence-corrected chi connectivity index (χ3v) is 4.39. The molecule has 24 heavy (non-hydrogen) atoms. The Morgan fingerprint density at radius 1 is 1.38 bits per heavy atom. The van der Waals surface area contributed by atoms with Crippen molar-refractivity contribution in [2.45, 2.75) is 52.7 Å². The molecule has 1 heterocycles. The van der Waals surface area contributed by atoms with Gasteiger partial charge in [0.2, 0.25) is 5.91 Å². The quantitative estimate of drug-likeness (QED) is 0.677. The molecule has 0 unspecified atom stereocenters. The highest BCUT2D eigenvalue weighted by Gasteiger charge is 2.51. The second-order valence-electron chi connectivity index (χ2n) is 7.07. The molecule has 0 radical (unpaired) electrons.